The zero-order chi connectivity index (χ0) is 24.2. The third-order valence-corrected chi connectivity index (χ3v) is 6.35. The standard InChI is InChI=1S/C27H34N4OS/c1-8-17-31-24(19-13-15-20(16-14-19)26(2,3)4)29-30-25(31)33-18-23(32)28-22-12-10-9-11-21(22)27(5,6)7/h8-16H,1,17-18H2,2-7H3,(H,28,32). The molecule has 2 aromatic carbocycles. The normalized spacial score (nSPS) is 11.9. The van der Waals surface area contributed by atoms with Gasteiger partial charge in [-0.1, -0.05) is 102 Å². The molecule has 5 nitrogen and oxygen atoms in total. The number of aromatic nitrogens is 3. The number of amides is 1. The van der Waals surface area contributed by atoms with Crippen molar-refractivity contribution in [2.75, 3.05) is 11.1 Å². The second kappa shape index (κ2) is 9.96. The first-order valence-corrected chi connectivity index (χ1v) is 12.2. The topological polar surface area (TPSA) is 59.8 Å². The molecule has 0 unspecified atom stereocenters. The van der Waals surface area contributed by atoms with E-state index in [1.807, 2.05) is 28.8 Å². The van der Waals surface area contributed by atoms with Crippen LogP contribution in [0.4, 0.5) is 5.69 Å². The van der Waals surface area contributed by atoms with E-state index in [1.165, 1.54) is 17.3 Å². The first-order valence-electron chi connectivity index (χ1n) is 11.2. The van der Waals surface area contributed by atoms with Crippen molar-refractivity contribution < 1.29 is 4.79 Å². The van der Waals surface area contributed by atoms with E-state index in [4.69, 9.17) is 0 Å². The molecule has 0 fully saturated rings. The Labute approximate surface area is 201 Å². The zero-order valence-corrected chi connectivity index (χ0v) is 21.3. The van der Waals surface area contributed by atoms with Crippen LogP contribution in [-0.2, 0) is 22.2 Å². The molecule has 1 amide bonds. The van der Waals surface area contributed by atoms with Crippen LogP contribution in [0.15, 0.2) is 66.3 Å². The number of hydrogen-bond acceptors (Lipinski definition) is 4. The molecule has 3 rings (SSSR count). The average Bonchev–Trinajstić information content (AvgIpc) is 3.14. The molecular formula is C27H34N4OS. The summed E-state index contributed by atoms with van der Waals surface area (Å²) in [5.74, 6) is 0.953. The maximum atomic E-state index is 12.7. The van der Waals surface area contributed by atoms with Crippen LogP contribution in [0.2, 0.25) is 0 Å². The van der Waals surface area contributed by atoms with Crippen molar-refractivity contribution in [1.29, 1.82) is 0 Å². The van der Waals surface area contributed by atoms with Gasteiger partial charge in [0, 0.05) is 17.8 Å². The third kappa shape index (κ3) is 6.14. The second-order valence-electron chi connectivity index (χ2n) is 10.2. The Bertz CT molecular complexity index is 1120. The third-order valence-electron chi connectivity index (χ3n) is 5.38. The number of allylic oxidation sites excluding steroid dienone is 1. The predicted octanol–water partition coefficient (Wildman–Crippen LogP) is 6.46. The number of benzene rings is 2. The molecule has 174 valence electrons. The second-order valence-corrected chi connectivity index (χ2v) is 11.1. The minimum atomic E-state index is -0.0686. The lowest BCUT2D eigenvalue weighted by molar-refractivity contribution is -0.113. The molecule has 3 aromatic rings. The number of anilines is 1. The summed E-state index contributed by atoms with van der Waals surface area (Å²) in [6, 6.07) is 16.4. The minimum absolute atomic E-state index is 0.0570. The fourth-order valence-corrected chi connectivity index (χ4v) is 4.33. The lowest BCUT2D eigenvalue weighted by atomic mass is 9.86. The fourth-order valence-electron chi connectivity index (χ4n) is 3.58. The first kappa shape index (κ1) is 24.8. The Morgan fingerprint density at radius 1 is 1.00 bits per heavy atom. The van der Waals surface area contributed by atoms with Gasteiger partial charge in [-0.2, -0.15) is 0 Å². The van der Waals surface area contributed by atoms with Crippen LogP contribution in [0.5, 0.6) is 0 Å². The minimum Gasteiger partial charge on any atom is -0.325 e. The van der Waals surface area contributed by atoms with E-state index >= 15 is 0 Å². The van der Waals surface area contributed by atoms with Gasteiger partial charge in [-0.15, -0.1) is 16.8 Å². The van der Waals surface area contributed by atoms with E-state index in [1.54, 1.807) is 0 Å². The SMILES string of the molecule is C=CCn1c(SCC(=O)Nc2ccccc2C(C)(C)C)nnc1-c1ccc(C(C)(C)C)cc1. The largest absolute Gasteiger partial charge is 0.325 e. The molecule has 6 heteroatoms. The van der Waals surface area contributed by atoms with E-state index in [-0.39, 0.29) is 22.5 Å². The van der Waals surface area contributed by atoms with Crippen molar-refractivity contribution in [1.82, 2.24) is 14.8 Å². The van der Waals surface area contributed by atoms with Crippen molar-refractivity contribution in [3.05, 3.63) is 72.3 Å². The van der Waals surface area contributed by atoms with Crippen molar-refractivity contribution in [2.24, 2.45) is 0 Å². The Morgan fingerprint density at radius 3 is 2.27 bits per heavy atom. The maximum Gasteiger partial charge on any atom is 0.234 e. The lowest BCUT2D eigenvalue weighted by Crippen LogP contribution is -2.20. The number of rotatable bonds is 7. The fraction of sp³-hybridized carbons (Fsp3) is 0.370. The Hall–Kier alpha value is -2.86. The molecule has 0 bridgehead atoms. The van der Waals surface area contributed by atoms with Gasteiger partial charge < -0.3 is 5.32 Å². The van der Waals surface area contributed by atoms with Crippen LogP contribution in [0.1, 0.15) is 52.7 Å². The molecule has 1 aromatic heterocycles. The van der Waals surface area contributed by atoms with Crippen LogP contribution in [-0.4, -0.2) is 26.4 Å². The number of para-hydroxylation sites is 1. The Balaban J connectivity index is 1.75. The monoisotopic (exact) mass is 462 g/mol. The summed E-state index contributed by atoms with van der Waals surface area (Å²) < 4.78 is 2.00. The van der Waals surface area contributed by atoms with E-state index in [0.717, 1.165) is 22.6 Å². The highest BCUT2D eigenvalue weighted by molar-refractivity contribution is 7.99. The van der Waals surface area contributed by atoms with Gasteiger partial charge in [0.2, 0.25) is 5.91 Å². The molecule has 0 saturated carbocycles. The van der Waals surface area contributed by atoms with Gasteiger partial charge in [-0.3, -0.25) is 9.36 Å². The van der Waals surface area contributed by atoms with E-state index in [0.29, 0.717) is 11.7 Å². The summed E-state index contributed by atoms with van der Waals surface area (Å²) in [6.45, 7) is 17.5. The zero-order valence-electron chi connectivity index (χ0n) is 20.5. The van der Waals surface area contributed by atoms with Gasteiger partial charge in [0.1, 0.15) is 0 Å². The quantitative estimate of drug-likeness (QED) is 0.323. The van der Waals surface area contributed by atoms with Crippen LogP contribution in [0, 0.1) is 0 Å². The molecule has 0 radical (unpaired) electrons. The van der Waals surface area contributed by atoms with Gasteiger partial charge in [0.25, 0.3) is 0 Å². The van der Waals surface area contributed by atoms with Gasteiger partial charge in [0.05, 0.1) is 5.75 Å². The Morgan fingerprint density at radius 2 is 1.67 bits per heavy atom. The number of thioether (sulfide) groups is 1. The van der Waals surface area contributed by atoms with E-state index in [9.17, 15) is 4.79 Å². The summed E-state index contributed by atoms with van der Waals surface area (Å²) in [7, 11) is 0. The summed E-state index contributed by atoms with van der Waals surface area (Å²) in [6.07, 6.45) is 1.82. The van der Waals surface area contributed by atoms with Crippen LogP contribution in [0.3, 0.4) is 0 Å². The van der Waals surface area contributed by atoms with Crippen molar-refractivity contribution in [2.45, 2.75) is 64.1 Å². The molecule has 0 saturated heterocycles. The first-order chi connectivity index (χ1) is 15.5. The van der Waals surface area contributed by atoms with Gasteiger partial charge in [-0.25, -0.2) is 0 Å². The van der Waals surface area contributed by atoms with Crippen molar-refractivity contribution in [3.8, 4) is 11.4 Å². The molecule has 0 aliphatic heterocycles. The van der Waals surface area contributed by atoms with Crippen LogP contribution < -0.4 is 5.32 Å². The average molecular weight is 463 g/mol. The van der Waals surface area contributed by atoms with Crippen molar-refractivity contribution >= 4 is 23.4 Å². The lowest BCUT2D eigenvalue weighted by Gasteiger charge is -2.23. The molecular weight excluding hydrogens is 428 g/mol. The predicted molar refractivity (Wildman–Crippen MR) is 139 cm³/mol. The molecule has 33 heavy (non-hydrogen) atoms. The molecule has 1 heterocycles. The van der Waals surface area contributed by atoms with Crippen LogP contribution in [0.25, 0.3) is 11.4 Å². The molecule has 0 aliphatic rings. The number of carbonyl (C=O) groups excluding carboxylic acids is 1. The Kier molecular flexibility index (Phi) is 7.48. The highest BCUT2D eigenvalue weighted by Crippen LogP contribution is 2.30. The molecule has 0 atom stereocenters. The number of nitrogens with one attached hydrogen (secondary N) is 1. The molecule has 0 spiro atoms. The smallest absolute Gasteiger partial charge is 0.234 e. The molecule has 1 N–H and O–H groups in total. The van der Waals surface area contributed by atoms with Gasteiger partial charge in [-0.05, 0) is 28.0 Å². The van der Waals surface area contributed by atoms with Gasteiger partial charge in [0.15, 0.2) is 11.0 Å². The summed E-state index contributed by atoms with van der Waals surface area (Å²) >= 11 is 1.38. The number of hydrogen-bond donors (Lipinski definition) is 1. The molecule has 0 aliphatic carbocycles. The van der Waals surface area contributed by atoms with Crippen LogP contribution >= 0.6 is 11.8 Å². The highest BCUT2D eigenvalue weighted by atomic mass is 32.2. The number of carbonyl (C=O) groups is 1. The maximum absolute atomic E-state index is 12.7. The summed E-state index contributed by atoms with van der Waals surface area (Å²) in [4.78, 5) is 12.7. The van der Waals surface area contributed by atoms with E-state index < -0.39 is 0 Å². The van der Waals surface area contributed by atoms with Crippen molar-refractivity contribution in [3.63, 3.8) is 0 Å². The summed E-state index contributed by atoms with van der Waals surface area (Å²) in [5, 5.41) is 12.5. The highest BCUT2D eigenvalue weighted by Gasteiger charge is 2.20. The van der Waals surface area contributed by atoms with Gasteiger partial charge >= 0.3 is 0 Å². The summed E-state index contributed by atoms with van der Waals surface area (Å²) in [5.41, 5.74) is 4.25. The van der Waals surface area contributed by atoms with E-state index in [2.05, 4.69) is 94.0 Å². The number of nitrogens with zero attached hydrogens (tertiary/aromatic N) is 3.